The lowest BCUT2D eigenvalue weighted by Crippen LogP contribution is -2.56. The zero-order valence-corrected chi connectivity index (χ0v) is 13.6. The molecule has 0 aliphatic heterocycles. The summed E-state index contributed by atoms with van der Waals surface area (Å²) in [5.41, 5.74) is 1.57. The van der Waals surface area contributed by atoms with Crippen molar-refractivity contribution in [1.82, 2.24) is 5.06 Å². The Hall–Kier alpha value is -0.830. The predicted octanol–water partition coefficient (Wildman–Crippen LogP) is 3.80. The summed E-state index contributed by atoms with van der Waals surface area (Å²) in [6.45, 7) is 9.10. The van der Waals surface area contributed by atoms with Crippen LogP contribution in [0.3, 0.4) is 0 Å². The number of amides is 1. The average molecular weight is 279 g/mol. The molecule has 1 amide bonds. The standard InChI is InChI=1S/C17H29NO2/c1-12(2)15-7-6-14(4)17(9-8-13(3)10-17)16(15)18(11-19)20-5/h10-12,14-16H,6-9H2,1-5H3/t14-,15+,16-,17-/m0/s1. The quantitative estimate of drug-likeness (QED) is 0.445. The van der Waals surface area contributed by atoms with Crippen molar-refractivity contribution in [2.45, 2.75) is 59.4 Å². The van der Waals surface area contributed by atoms with Gasteiger partial charge in [-0.15, -0.1) is 0 Å². The molecule has 20 heavy (non-hydrogen) atoms. The summed E-state index contributed by atoms with van der Waals surface area (Å²) in [6.07, 6.45) is 8.07. The minimum absolute atomic E-state index is 0.105. The zero-order chi connectivity index (χ0) is 14.9. The molecule has 0 heterocycles. The van der Waals surface area contributed by atoms with Gasteiger partial charge in [-0.3, -0.25) is 9.63 Å². The lowest BCUT2D eigenvalue weighted by molar-refractivity contribution is -0.207. The molecule has 1 fully saturated rings. The molecule has 0 aromatic heterocycles. The van der Waals surface area contributed by atoms with E-state index in [0.29, 0.717) is 17.8 Å². The van der Waals surface area contributed by atoms with Crippen LogP contribution in [0.15, 0.2) is 11.6 Å². The van der Waals surface area contributed by atoms with Crippen LogP contribution in [0.5, 0.6) is 0 Å². The molecule has 0 radical (unpaired) electrons. The molecule has 2 aliphatic carbocycles. The SMILES string of the molecule is CON(C=O)[C@H]1[C@@H](C(C)C)CC[C@H](C)[C@]12C=C(C)CC2. The Morgan fingerprint density at radius 3 is 2.60 bits per heavy atom. The molecule has 1 saturated carbocycles. The van der Waals surface area contributed by atoms with Crippen LogP contribution in [-0.2, 0) is 9.63 Å². The number of carbonyl (C=O) groups is 1. The first-order valence-corrected chi connectivity index (χ1v) is 7.92. The highest BCUT2D eigenvalue weighted by Gasteiger charge is 2.53. The first-order chi connectivity index (χ1) is 9.46. The third kappa shape index (κ3) is 2.41. The smallest absolute Gasteiger partial charge is 0.233 e. The van der Waals surface area contributed by atoms with Gasteiger partial charge in [0.15, 0.2) is 0 Å². The summed E-state index contributed by atoms with van der Waals surface area (Å²) in [6, 6.07) is 0.172. The summed E-state index contributed by atoms with van der Waals surface area (Å²) in [5, 5.41) is 1.59. The summed E-state index contributed by atoms with van der Waals surface area (Å²) in [5.74, 6) is 1.69. The van der Waals surface area contributed by atoms with Gasteiger partial charge in [-0.2, -0.15) is 0 Å². The molecule has 114 valence electrons. The fraction of sp³-hybridized carbons (Fsp3) is 0.824. The van der Waals surface area contributed by atoms with E-state index >= 15 is 0 Å². The molecule has 2 rings (SSSR count). The Bertz CT molecular complexity index is 390. The predicted molar refractivity (Wildman–Crippen MR) is 80.9 cm³/mol. The Kier molecular flexibility index (Phi) is 4.58. The van der Waals surface area contributed by atoms with Crippen LogP contribution in [0.25, 0.3) is 0 Å². The molecular formula is C17H29NO2. The van der Waals surface area contributed by atoms with Crippen LogP contribution in [0.2, 0.25) is 0 Å². The molecule has 0 unspecified atom stereocenters. The third-order valence-electron chi connectivity index (χ3n) is 5.72. The van der Waals surface area contributed by atoms with Crippen LogP contribution in [-0.4, -0.2) is 24.6 Å². The second-order valence-corrected chi connectivity index (χ2v) is 7.08. The summed E-state index contributed by atoms with van der Waals surface area (Å²) >= 11 is 0. The van der Waals surface area contributed by atoms with Crippen LogP contribution in [0.4, 0.5) is 0 Å². The Labute approximate surface area is 123 Å². The number of rotatable bonds is 4. The van der Waals surface area contributed by atoms with Gasteiger partial charge < -0.3 is 0 Å². The van der Waals surface area contributed by atoms with Crippen molar-refractivity contribution >= 4 is 6.41 Å². The summed E-state index contributed by atoms with van der Waals surface area (Å²) in [4.78, 5) is 16.9. The molecule has 0 saturated heterocycles. The maximum Gasteiger partial charge on any atom is 0.233 e. The molecule has 2 aliphatic rings. The zero-order valence-electron chi connectivity index (χ0n) is 13.6. The fourth-order valence-electron chi connectivity index (χ4n) is 4.54. The topological polar surface area (TPSA) is 29.5 Å². The van der Waals surface area contributed by atoms with Gasteiger partial charge in [0.05, 0.1) is 13.2 Å². The van der Waals surface area contributed by atoms with Gasteiger partial charge in [-0.25, -0.2) is 5.06 Å². The van der Waals surface area contributed by atoms with E-state index in [-0.39, 0.29) is 11.5 Å². The van der Waals surface area contributed by atoms with Crippen molar-refractivity contribution in [3.8, 4) is 0 Å². The van der Waals surface area contributed by atoms with Gasteiger partial charge in [0.25, 0.3) is 0 Å². The number of allylic oxidation sites excluding steroid dienone is 1. The van der Waals surface area contributed by atoms with E-state index in [4.69, 9.17) is 4.84 Å². The van der Waals surface area contributed by atoms with Gasteiger partial charge in [0, 0.05) is 5.41 Å². The van der Waals surface area contributed by atoms with Gasteiger partial charge >= 0.3 is 0 Å². The highest BCUT2D eigenvalue weighted by Crippen LogP contribution is 2.55. The second-order valence-electron chi connectivity index (χ2n) is 7.08. The highest BCUT2D eigenvalue weighted by molar-refractivity contribution is 5.47. The maximum absolute atomic E-state index is 11.5. The van der Waals surface area contributed by atoms with Crippen LogP contribution >= 0.6 is 0 Å². The monoisotopic (exact) mass is 279 g/mol. The van der Waals surface area contributed by atoms with Crippen molar-refractivity contribution in [2.75, 3.05) is 7.11 Å². The van der Waals surface area contributed by atoms with Gasteiger partial charge in [0.1, 0.15) is 0 Å². The fourth-order valence-corrected chi connectivity index (χ4v) is 4.54. The van der Waals surface area contributed by atoms with E-state index in [1.165, 1.54) is 18.4 Å². The van der Waals surface area contributed by atoms with Crippen molar-refractivity contribution in [3.05, 3.63) is 11.6 Å². The van der Waals surface area contributed by atoms with Crippen molar-refractivity contribution in [3.63, 3.8) is 0 Å². The van der Waals surface area contributed by atoms with E-state index < -0.39 is 0 Å². The first-order valence-electron chi connectivity index (χ1n) is 7.92. The van der Waals surface area contributed by atoms with Gasteiger partial charge in [-0.1, -0.05) is 32.4 Å². The number of nitrogens with zero attached hydrogens (tertiary/aromatic N) is 1. The van der Waals surface area contributed by atoms with Crippen LogP contribution < -0.4 is 0 Å². The number of hydroxylamine groups is 2. The Balaban J connectivity index is 2.45. The Morgan fingerprint density at radius 1 is 1.45 bits per heavy atom. The molecule has 3 nitrogen and oxygen atoms in total. The molecule has 3 heteroatoms. The molecule has 0 aromatic rings. The molecule has 1 spiro atoms. The van der Waals surface area contributed by atoms with E-state index in [0.717, 1.165) is 19.3 Å². The van der Waals surface area contributed by atoms with Gasteiger partial charge in [0.2, 0.25) is 6.41 Å². The molecule has 0 bridgehead atoms. The lowest BCUT2D eigenvalue weighted by atomic mass is 9.58. The largest absolute Gasteiger partial charge is 0.276 e. The van der Waals surface area contributed by atoms with E-state index in [1.54, 1.807) is 12.2 Å². The number of hydrogen-bond donors (Lipinski definition) is 0. The van der Waals surface area contributed by atoms with Crippen molar-refractivity contribution in [1.29, 1.82) is 0 Å². The minimum atomic E-state index is 0.105. The molecular weight excluding hydrogens is 250 g/mol. The normalized spacial score (nSPS) is 37.3. The van der Waals surface area contributed by atoms with Crippen molar-refractivity contribution < 1.29 is 9.63 Å². The summed E-state index contributed by atoms with van der Waals surface area (Å²) < 4.78 is 0. The van der Waals surface area contributed by atoms with E-state index in [9.17, 15) is 4.79 Å². The molecule has 0 aromatic carbocycles. The van der Waals surface area contributed by atoms with E-state index in [2.05, 4.69) is 33.8 Å². The first kappa shape index (κ1) is 15.6. The highest BCUT2D eigenvalue weighted by atomic mass is 16.7. The third-order valence-corrected chi connectivity index (χ3v) is 5.72. The van der Waals surface area contributed by atoms with Crippen molar-refractivity contribution in [2.24, 2.45) is 23.2 Å². The number of hydrogen-bond acceptors (Lipinski definition) is 2. The molecule has 0 N–H and O–H groups in total. The van der Waals surface area contributed by atoms with E-state index in [1.807, 2.05) is 0 Å². The molecule has 4 atom stereocenters. The number of carbonyl (C=O) groups excluding carboxylic acids is 1. The maximum atomic E-state index is 11.5. The van der Waals surface area contributed by atoms with Crippen LogP contribution in [0.1, 0.15) is 53.4 Å². The lowest BCUT2D eigenvalue weighted by Gasteiger charge is -2.53. The minimum Gasteiger partial charge on any atom is -0.276 e. The Morgan fingerprint density at radius 2 is 2.15 bits per heavy atom. The van der Waals surface area contributed by atoms with Crippen LogP contribution in [0, 0.1) is 23.2 Å². The average Bonchev–Trinajstić information content (AvgIpc) is 2.79. The summed E-state index contributed by atoms with van der Waals surface area (Å²) in [7, 11) is 1.62. The van der Waals surface area contributed by atoms with Gasteiger partial charge in [-0.05, 0) is 50.4 Å². The second kappa shape index (κ2) is 5.88.